The van der Waals surface area contributed by atoms with Gasteiger partial charge in [0.15, 0.2) is 0 Å². The van der Waals surface area contributed by atoms with E-state index in [1.807, 2.05) is 0 Å². The van der Waals surface area contributed by atoms with Crippen LogP contribution in [0.15, 0.2) is 36.4 Å². The first-order valence-corrected chi connectivity index (χ1v) is 6.48. The average Bonchev–Trinajstić information content (AvgIpc) is 2.38. The molecule has 3 aromatic rings. The molecule has 0 aromatic heterocycles. The third-order valence-electron chi connectivity index (χ3n) is 4.18. The number of fused-ring (bicyclic) bond motifs is 2. The first kappa shape index (κ1) is 11.3. The van der Waals surface area contributed by atoms with Crippen molar-refractivity contribution in [3.63, 3.8) is 0 Å². The molecule has 90 valence electrons. The molecule has 0 saturated heterocycles. The highest BCUT2D eigenvalue weighted by Crippen LogP contribution is 2.33. The normalized spacial score (nSPS) is 11.3. The first-order valence-electron chi connectivity index (χ1n) is 6.48. The van der Waals surface area contributed by atoms with Crippen molar-refractivity contribution in [2.24, 2.45) is 0 Å². The molecule has 0 heterocycles. The van der Waals surface area contributed by atoms with E-state index in [1.165, 1.54) is 43.8 Å². The molecule has 0 aliphatic carbocycles. The van der Waals surface area contributed by atoms with Crippen molar-refractivity contribution in [1.82, 2.24) is 0 Å². The van der Waals surface area contributed by atoms with Crippen molar-refractivity contribution in [2.45, 2.75) is 27.7 Å². The van der Waals surface area contributed by atoms with Gasteiger partial charge >= 0.3 is 0 Å². The molecule has 0 heteroatoms. The van der Waals surface area contributed by atoms with Crippen LogP contribution in [0.4, 0.5) is 0 Å². The Hall–Kier alpha value is -1.82. The highest BCUT2D eigenvalue weighted by Gasteiger charge is 2.09. The van der Waals surface area contributed by atoms with Gasteiger partial charge in [0, 0.05) is 0 Å². The van der Waals surface area contributed by atoms with Gasteiger partial charge in [-0.3, -0.25) is 0 Å². The summed E-state index contributed by atoms with van der Waals surface area (Å²) >= 11 is 0. The fraction of sp³-hybridized carbons (Fsp3) is 0.222. The summed E-state index contributed by atoms with van der Waals surface area (Å²) in [6.07, 6.45) is 0. The topological polar surface area (TPSA) is 0 Å². The fourth-order valence-electron chi connectivity index (χ4n) is 2.86. The van der Waals surface area contributed by atoms with Crippen LogP contribution in [0.5, 0.6) is 0 Å². The standard InChI is InChI=1S/C18H18/c1-11-9-17-13(3)15-7-5-6-8-16(15)14(4)18(17)10-12(11)2/h5-10H,1-4H3. The van der Waals surface area contributed by atoms with Gasteiger partial charge in [-0.05, 0) is 71.5 Å². The lowest BCUT2D eigenvalue weighted by Gasteiger charge is -2.14. The van der Waals surface area contributed by atoms with Crippen LogP contribution >= 0.6 is 0 Å². The van der Waals surface area contributed by atoms with Crippen molar-refractivity contribution < 1.29 is 0 Å². The predicted molar refractivity (Wildman–Crippen MR) is 80.4 cm³/mol. The molecule has 3 aromatic carbocycles. The molecule has 0 aliphatic rings. The molecule has 0 N–H and O–H groups in total. The molecule has 0 aliphatic heterocycles. The molecule has 0 saturated carbocycles. The number of benzene rings is 3. The summed E-state index contributed by atoms with van der Waals surface area (Å²) in [5, 5.41) is 5.56. The summed E-state index contributed by atoms with van der Waals surface area (Å²) in [5.41, 5.74) is 5.55. The van der Waals surface area contributed by atoms with Crippen molar-refractivity contribution >= 4 is 21.5 Å². The van der Waals surface area contributed by atoms with Crippen molar-refractivity contribution in [3.8, 4) is 0 Å². The predicted octanol–water partition coefficient (Wildman–Crippen LogP) is 5.23. The maximum absolute atomic E-state index is 2.33. The van der Waals surface area contributed by atoms with Crippen LogP contribution in [0.1, 0.15) is 22.3 Å². The zero-order valence-electron chi connectivity index (χ0n) is 11.5. The lowest BCUT2D eigenvalue weighted by atomic mass is 9.91. The number of rotatable bonds is 0. The summed E-state index contributed by atoms with van der Waals surface area (Å²) in [4.78, 5) is 0. The molecule has 0 spiro atoms. The van der Waals surface area contributed by atoms with Gasteiger partial charge in [-0.25, -0.2) is 0 Å². The molecule has 0 bridgehead atoms. The third kappa shape index (κ3) is 1.45. The van der Waals surface area contributed by atoms with E-state index in [2.05, 4.69) is 64.1 Å². The number of hydrogen-bond acceptors (Lipinski definition) is 0. The Balaban J connectivity index is 2.62. The molecule has 0 amide bonds. The number of hydrogen-bond donors (Lipinski definition) is 0. The second kappa shape index (κ2) is 3.84. The van der Waals surface area contributed by atoms with Gasteiger partial charge in [0.05, 0.1) is 0 Å². The van der Waals surface area contributed by atoms with E-state index in [0.29, 0.717) is 0 Å². The molecule has 0 nitrogen and oxygen atoms in total. The quantitative estimate of drug-likeness (QED) is 0.467. The van der Waals surface area contributed by atoms with Gasteiger partial charge in [-0.2, -0.15) is 0 Å². The first-order chi connectivity index (χ1) is 8.59. The summed E-state index contributed by atoms with van der Waals surface area (Å²) < 4.78 is 0. The SMILES string of the molecule is Cc1cc2c(C)c3ccccc3c(C)c2cc1C. The maximum Gasteiger partial charge on any atom is -0.0143 e. The zero-order chi connectivity index (χ0) is 12.9. The minimum Gasteiger partial charge on any atom is -0.0616 e. The van der Waals surface area contributed by atoms with E-state index in [-0.39, 0.29) is 0 Å². The Morgan fingerprint density at radius 2 is 0.944 bits per heavy atom. The lowest BCUT2D eigenvalue weighted by molar-refractivity contribution is 1.35. The van der Waals surface area contributed by atoms with Gasteiger partial charge in [0.1, 0.15) is 0 Å². The minimum atomic E-state index is 1.38. The van der Waals surface area contributed by atoms with Crippen LogP contribution < -0.4 is 0 Å². The molecule has 0 fully saturated rings. The summed E-state index contributed by atoms with van der Waals surface area (Å²) in [7, 11) is 0. The monoisotopic (exact) mass is 234 g/mol. The van der Waals surface area contributed by atoms with Gasteiger partial charge < -0.3 is 0 Å². The van der Waals surface area contributed by atoms with Crippen LogP contribution in [0, 0.1) is 27.7 Å². The maximum atomic E-state index is 2.33. The van der Waals surface area contributed by atoms with Crippen molar-refractivity contribution in [3.05, 3.63) is 58.7 Å². The molecular weight excluding hydrogens is 216 g/mol. The lowest BCUT2D eigenvalue weighted by Crippen LogP contribution is -1.90. The average molecular weight is 234 g/mol. The Kier molecular flexibility index (Phi) is 2.41. The van der Waals surface area contributed by atoms with E-state index in [9.17, 15) is 0 Å². The van der Waals surface area contributed by atoms with Crippen LogP contribution in [0.3, 0.4) is 0 Å². The highest BCUT2D eigenvalue weighted by molar-refractivity contribution is 6.05. The van der Waals surface area contributed by atoms with Crippen LogP contribution in [-0.4, -0.2) is 0 Å². The Morgan fingerprint density at radius 3 is 1.33 bits per heavy atom. The summed E-state index contributed by atoms with van der Waals surface area (Å²) in [6.45, 7) is 8.86. The fourth-order valence-corrected chi connectivity index (χ4v) is 2.86. The van der Waals surface area contributed by atoms with Gasteiger partial charge in [-0.1, -0.05) is 36.4 Å². The second-order valence-electron chi connectivity index (χ2n) is 5.28. The Bertz CT molecular complexity index is 698. The van der Waals surface area contributed by atoms with E-state index in [1.54, 1.807) is 0 Å². The van der Waals surface area contributed by atoms with Crippen LogP contribution in [0.2, 0.25) is 0 Å². The highest BCUT2D eigenvalue weighted by atomic mass is 14.1. The summed E-state index contributed by atoms with van der Waals surface area (Å²) in [5.74, 6) is 0. The molecule has 18 heavy (non-hydrogen) atoms. The van der Waals surface area contributed by atoms with E-state index in [0.717, 1.165) is 0 Å². The second-order valence-corrected chi connectivity index (χ2v) is 5.28. The van der Waals surface area contributed by atoms with Crippen LogP contribution in [0.25, 0.3) is 21.5 Å². The smallest absolute Gasteiger partial charge is 0.0143 e. The van der Waals surface area contributed by atoms with E-state index >= 15 is 0 Å². The van der Waals surface area contributed by atoms with Crippen LogP contribution in [-0.2, 0) is 0 Å². The minimum absolute atomic E-state index is 1.38. The summed E-state index contributed by atoms with van der Waals surface area (Å²) in [6, 6.07) is 13.4. The Morgan fingerprint density at radius 1 is 0.556 bits per heavy atom. The molecule has 3 rings (SSSR count). The third-order valence-corrected chi connectivity index (χ3v) is 4.18. The largest absolute Gasteiger partial charge is 0.0616 e. The van der Waals surface area contributed by atoms with Crippen molar-refractivity contribution in [1.29, 1.82) is 0 Å². The van der Waals surface area contributed by atoms with Gasteiger partial charge in [-0.15, -0.1) is 0 Å². The molecule has 0 unspecified atom stereocenters. The van der Waals surface area contributed by atoms with Gasteiger partial charge in [0.2, 0.25) is 0 Å². The molecular formula is C18H18. The Labute approximate surface area is 108 Å². The van der Waals surface area contributed by atoms with Gasteiger partial charge in [0.25, 0.3) is 0 Å². The molecule has 0 atom stereocenters. The van der Waals surface area contributed by atoms with E-state index < -0.39 is 0 Å². The van der Waals surface area contributed by atoms with E-state index in [4.69, 9.17) is 0 Å². The van der Waals surface area contributed by atoms with Crippen molar-refractivity contribution in [2.75, 3.05) is 0 Å². The molecule has 0 radical (unpaired) electrons. The number of aryl methyl sites for hydroxylation is 4. The zero-order valence-corrected chi connectivity index (χ0v) is 11.5.